The summed E-state index contributed by atoms with van der Waals surface area (Å²) < 4.78 is 0. The lowest BCUT2D eigenvalue weighted by molar-refractivity contribution is 0.101. The topological polar surface area (TPSA) is 23.6 Å². The normalized spacial score (nSPS) is 17.1. The molecule has 80 valence electrons. The maximum atomic E-state index is 11.1. The molecule has 1 saturated heterocycles. The fraction of sp³-hybridized carbons (Fsp3) is 0.417. The molecule has 1 aromatic carbocycles. The first-order valence-electron chi connectivity index (χ1n) is 5.21. The van der Waals surface area contributed by atoms with Crippen molar-refractivity contribution in [2.75, 3.05) is 31.7 Å². The summed E-state index contributed by atoms with van der Waals surface area (Å²) in [7, 11) is 2.12. The number of carbonyl (C=O) groups is 1. The molecule has 1 aliphatic rings. The largest absolute Gasteiger partial charge is 0.357 e. The summed E-state index contributed by atoms with van der Waals surface area (Å²) in [6.45, 7) is 4.74. The standard InChI is InChI=1S/C12H16N2O/c1-10(15)11-3-5-12(6-4-11)14-8-7-13(2)9-14/h3-6H,7-9H2,1-2H3. The van der Waals surface area contributed by atoms with E-state index in [1.165, 1.54) is 5.69 Å². The van der Waals surface area contributed by atoms with Gasteiger partial charge in [-0.15, -0.1) is 0 Å². The van der Waals surface area contributed by atoms with E-state index in [2.05, 4.69) is 16.8 Å². The molecule has 0 N–H and O–H groups in total. The van der Waals surface area contributed by atoms with Gasteiger partial charge >= 0.3 is 0 Å². The van der Waals surface area contributed by atoms with E-state index in [4.69, 9.17) is 0 Å². The van der Waals surface area contributed by atoms with E-state index in [1.807, 2.05) is 24.3 Å². The summed E-state index contributed by atoms with van der Waals surface area (Å²) in [4.78, 5) is 15.7. The molecule has 3 heteroatoms. The number of ketones is 1. The number of nitrogens with zero attached hydrogens (tertiary/aromatic N) is 2. The van der Waals surface area contributed by atoms with Gasteiger partial charge in [-0.25, -0.2) is 0 Å². The molecule has 3 nitrogen and oxygen atoms in total. The predicted octanol–water partition coefficient (Wildman–Crippen LogP) is 1.60. The summed E-state index contributed by atoms with van der Waals surface area (Å²) in [6.07, 6.45) is 0. The fourth-order valence-electron chi connectivity index (χ4n) is 1.84. The van der Waals surface area contributed by atoms with Gasteiger partial charge in [0.25, 0.3) is 0 Å². The predicted molar refractivity (Wildman–Crippen MR) is 61.3 cm³/mol. The minimum absolute atomic E-state index is 0.125. The lowest BCUT2D eigenvalue weighted by Gasteiger charge is -2.18. The van der Waals surface area contributed by atoms with E-state index in [1.54, 1.807) is 6.92 Å². The molecule has 0 bridgehead atoms. The van der Waals surface area contributed by atoms with Gasteiger partial charge in [0.05, 0.1) is 6.67 Å². The van der Waals surface area contributed by atoms with Crippen molar-refractivity contribution in [1.29, 1.82) is 0 Å². The van der Waals surface area contributed by atoms with Crippen LogP contribution in [0.4, 0.5) is 5.69 Å². The van der Waals surface area contributed by atoms with Crippen molar-refractivity contribution >= 4 is 11.5 Å². The second kappa shape index (κ2) is 4.03. The highest BCUT2D eigenvalue weighted by Gasteiger charge is 2.16. The van der Waals surface area contributed by atoms with Crippen LogP contribution in [0.2, 0.25) is 0 Å². The number of hydrogen-bond donors (Lipinski definition) is 0. The average Bonchev–Trinajstić information content (AvgIpc) is 2.65. The molecule has 0 aliphatic carbocycles. The molecule has 0 amide bonds. The van der Waals surface area contributed by atoms with Gasteiger partial charge in [0.2, 0.25) is 0 Å². The Kier molecular flexibility index (Phi) is 2.73. The Morgan fingerprint density at radius 1 is 1.20 bits per heavy atom. The van der Waals surface area contributed by atoms with Crippen LogP contribution in [-0.2, 0) is 0 Å². The maximum absolute atomic E-state index is 11.1. The summed E-state index contributed by atoms with van der Waals surface area (Å²) >= 11 is 0. The number of rotatable bonds is 2. The van der Waals surface area contributed by atoms with Crippen LogP contribution in [0, 0.1) is 0 Å². The average molecular weight is 204 g/mol. The van der Waals surface area contributed by atoms with Crippen molar-refractivity contribution in [3.63, 3.8) is 0 Å². The van der Waals surface area contributed by atoms with E-state index in [0.29, 0.717) is 0 Å². The Hall–Kier alpha value is -1.35. The lowest BCUT2D eigenvalue weighted by atomic mass is 10.1. The van der Waals surface area contributed by atoms with Gasteiger partial charge in [0.1, 0.15) is 0 Å². The van der Waals surface area contributed by atoms with Crippen LogP contribution < -0.4 is 4.90 Å². The van der Waals surface area contributed by atoms with E-state index >= 15 is 0 Å². The van der Waals surface area contributed by atoms with Gasteiger partial charge < -0.3 is 4.90 Å². The van der Waals surface area contributed by atoms with Crippen molar-refractivity contribution in [2.24, 2.45) is 0 Å². The molecular formula is C12H16N2O. The zero-order chi connectivity index (χ0) is 10.8. The minimum atomic E-state index is 0.125. The van der Waals surface area contributed by atoms with Crippen molar-refractivity contribution in [2.45, 2.75) is 6.92 Å². The molecular weight excluding hydrogens is 188 g/mol. The molecule has 15 heavy (non-hydrogen) atoms. The quantitative estimate of drug-likeness (QED) is 0.684. The Labute approximate surface area is 90.3 Å². The lowest BCUT2D eigenvalue weighted by Crippen LogP contribution is -2.22. The molecule has 2 rings (SSSR count). The molecule has 1 heterocycles. The number of likely N-dealkylation sites (N-methyl/N-ethyl adjacent to an activating group) is 1. The molecule has 1 aromatic rings. The monoisotopic (exact) mass is 204 g/mol. The van der Waals surface area contributed by atoms with Crippen molar-refractivity contribution < 1.29 is 4.79 Å². The second-order valence-corrected chi connectivity index (χ2v) is 4.09. The number of Topliss-reactive ketones (excluding diaryl/α,β-unsaturated/α-hetero) is 1. The van der Waals surface area contributed by atoms with Crippen LogP contribution >= 0.6 is 0 Å². The smallest absolute Gasteiger partial charge is 0.159 e. The van der Waals surface area contributed by atoms with Crippen LogP contribution in [-0.4, -0.2) is 37.5 Å². The van der Waals surface area contributed by atoms with Crippen LogP contribution in [0.25, 0.3) is 0 Å². The molecule has 0 spiro atoms. The highest BCUT2D eigenvalue weighted by molar-refractivity contribution is 5.94. The third-order valence-corrected chi connectivity index (χ3v) is 2.80. The SMILES string of the molecule is CC(=O)c1ccc(N2CCN(C)C2)cc1. The summed E-state index contributed by atoms with van der Waals surface area (Å²) in [5, 5.41) is 0. The van der Waals surface area contributed by atoms with E-state index in [0.717, 1.165) is 25.3 Å². The third kappa shape index (κ3) is 2.18. The maximum Gasteiger partial charge on any atom is 0.159 e. The van der Waals surface area contributed by atoms with Crippen LogP contribution in [0.15, 0.2) is 24.3 Å². The van der Waals surface area contributed by atoms with Crippen molar-refractivity contribution in [1.82, 2.24) is 4.90 Å². The van der Waals surface area contributed by atoms with Gasteiger partial charge in [-0.05, 0) is 38.2 Å². The first kappa shape index (κ1) is 10.2. The Morgan fingerprint density at radius 2 is 1.87 bits per heavy atom. The highest BCUT2D eigenvalue weighted by Crippen LogP contribution is 2.18. The highest BCUT2D eigenvalue weighted by atomic mass is 16.1. The second-order valence-electron chi connectivity index (χ2n) is 4.09. The summed E-state index contributed by atoms with van der Waals surface area (Å²) in [5.41, 5.74) is 1.98. The Morgan fingerprint density at radius 3 is 2.33 bits per heavy atom. The molecule has 0 radical (unpaired) electrons. The molecule has 0 atom stereocenters. The van der Waals surface area contributed by atoms with Crippen molar-refractivity contribution in [3.8, 4) is 0 Å². The summed E-state index contributed by atoms with van der Waals surface area (Å²) in [5.74, 6) is 0.125. The molecule has 1 fully saturated rings. The Bertz CT molecular complexity index is 358. The van der Waals surface area contributed by atoms with Gasteiger partial charge in [-0.1, -0.05) is 0 Å². The zero-order valence-corrected chi connectivity index (χ0v) is 9.23. The number of anilines is 1. The van der Waals surface area contributed by atoms with E-state index in [9.17, 15) is 4.79 Å². The summed E-state index contributed by atoms with van der Waals surface area (Å²) in [6, 6.07) is 7.85. The van der Waals surface area contributed by atoms with E-state index in [-0.39, 0.29) is 5.78 Å². The number of benzene rings is 1. The first-order chi connectivity index (χ1) is 7.16. The molecule has 1 aliphatic heterocycles. The van der Waals surface area contributed by atoms with Crippen LogP contribution in [0.5, 0.6) is 0 Å². The zero-order valence-electron chi connectivity index (χ0n) is 9.23. The number of carbonyl (C=O) groups excluding carboxylic acids is 1. The molecule has 0 unspecified atom stereocenters. The van der Waals surface area contributed by atoms with Gasteiger partial charge in [-0.2, -0.15) is 0 Å². The van der Waals surface area contributed by atoms with Crippen molar-refractivity contribution in [3.05, 3.63) is 29.8 Å². The van der Waals surface area contributed by atoms with Gasteiger partial charge in [0, 0.05) is 24.3 Å². The minimum Gasteiger partial charge on any atom is -0.357 e. The van der Waals surface area contributed by atoms with E-state index < -0.39 is 0 Å². The van der Waals surface area contributed by atoms with Crippen LogP contribution in [0.1, 0.15) is 17.3 Å². The first-order valence-corrected chi connectivity index (χ1v) is 5.21. The van der Waals surface area contributed by atoms with Gasteiger partial charge in [0.15, 0.2) is 5.78 Å². The number of hydrogen-bond acceptors (Lipinski definition) is 3. The fourth-order valence-corrected chi connectivity index (χ4v) is 1.84. The van der Waals surface area contributed by atoms with Crippen LogP contribution in [0.3, 0.4) is 0 Å². The van der Waals surface area contributed by atoms with Gasteiger partial charge in [-0.3, -0.25) is 9.69 Å². The third-order valence-electron chi connectivity index (χ3n) is 2.80. The molecule has 0 aromatic heterocycles. The Balaban J connectivity index is 2.13. The molecule has 0 saturated carbocycles.